The maximum atomic E-state index is 12.9. The van der Waals surface area contributed by atoms with Gasteiger partial charge in [-0.05, 0) is 36.6 Å². The molecule has 0 unspecified atom stereocenters. The lowest BCUT2D eigenvalue weighted by molar-refractivity contribution is 0.0942. The number of rotatable bonds is 4. The minimum Gasteiger partial charge on any atom is -0.341 e. The van der Waals surface area contributed by atoms with Crippen molar-refractivity contribution in [2.45, 2.75) is 19.9 Å². The molecule has 0 aliphatic heterocycles. The molecule has 24 heavy (non-hydrogen) atoms. The number of carbonyl (C=O) groups excluding carboxylic acids is 1. The van der Waals surface area contributed by atoms with Gasteiger partial charge < -0.3 is 5.32 Å². The molecule has 0 bridgehead atoms. The van der Waals surface area contributed by atoms with Gasteiger partial charge in [0.15, 0.2) is 0 Å². The molecule has 120 valence electrons. The average Bonchev–Trinajstić information content (AvgIpc) is 2.63. The van der Waals surface area contributed by atoms with E-state index >= 15 is 0 Å². The van der Waals surface area contributed by atoms with E-state index in [1.54, 1.807) is 0 Å². The molecule has 3 aromatic carbocycles. The molecule has 0 heterocycles. The average molecular weight is 315 g/mol. The molecule has 0 spiro atoms. The normalized spacial score (nSPS) is 10.6. The van der Waals surface area contributed by atoms with Crippen LogP contribution in [-0.4, -0.2) is 5.91 Å². The van der Waals surface area contributed by atoms with Gasteiger partial charge in [0.2, 0.25) is 0 Å². The molecular formula is C22H21NO. The van der Waals surface area contributed by atoms with Crippen LogP contribution in [0.1, 0.15) is 38.7 Å². The third-order valence-corrected chi connectivity index (χ3v) is 4.18. The second kappa shape index (κ2) is 7.14. The fourth-order valence-corrected chi connectivity index (χ4v) is 2.84. The Labute approximate surface area is 143 Å². The standard InChI is InChI=1S/C22H21NO/c1-16-13-14-17(2)20(15-16)22(24)23-21(18-9-5-3-6-10-18)19-11-7-4-8-12-19/h3-15,21H,1-2H3,(H,23,24). The summed E-state index contributed by atoms with van der Waals surface area (Å²) in [5, 5.41) is 3.20. The Morgan fingerprint density at radius 2 is 1.33 bits per heavy atom. The van der Waals surface area contributed by atoms with E-state index in [0.717, 1.165) is 27.8 Å². The zero-order valence-corrected chi connectivity index (χ0v) is 14.0. The molecule has 0 radical (unpaired) electrons. The maximum Gasteiger partial charge on any atom is 0.252 e. The molecule has 0 saturated carbocycles. The lowest BCUT2D eigenvalue weighted by atomic mass is 9.97. The molecule has 0 aromatic heterocycles. The summed E-state index contributed by atoms with van der Waals surface area (Å²) in [4.78, 5) is 12.9. The Kier molecular flexibility index (Phi) is 4.76. The van der Waals surface area contributed by atoms with E-state index in [1.165, 1.54) is 0 Å². The van der Waals surface area contributed by atoms with Gasteiger partial charge in [0.25, 0.3) is 5.91 Å². The minimum atomic E-state index is -0.167. The lowest BCUT2D eigenvalue weighted by Gasteiger charge is -2.20. The van der Waals surface area contributed by atoms with E-state index in [1.807, 2.05) is 92.7 Å². The van der Waals surface area contributed by atoms with Crippen molar-refractivity contribution in [1.29, 1.82) is 0 Å². The van der Waals surface area contributed by atoms with Crippen LogP contribution >= 0.6 is 0 Å². The van der Waals surface area contributed by atoms with Gasteiger partial charge in [0.05, 0.1) is 6.04 Å². The van der Waals surface area contributed by atoms with E-state index in [2.05, 4.69) is 5.32 Å². The zero-order chi connectivity index (χ0) is 16.9. The van der Waals surface area contributed by atoms with Crippen LogP contribution in [0.25, 0.3) is 0 Å². The van der Waals surface area contributed by atoms with Gasteiger partial charge in [-0.15, -0.1) is 0 Å². The number of carbonyl (C=O) groups is 1. The number of hydrogen-bond acceptors (Lipinski definition) is 1. The Hall–Kier alpha value is -2.87. The van der Waals surface area contributed by atoms with Crippen molar-refractivity contribution in [3.05, 3.63) is 107 Å². The van der Waals surface area contributed by atoms with Gasteiger partial charge in [0.1, 0.15) is 0 Å². The van der Waals surface area contributed by atoms with Crippen LogP contribution in [0.15, 0.2) is 78.9 Å². The van der Waals surface area contributed by atoms with Crippen LogP contribution in [0.4, 0.5) is 0 Å². The van der Waals surface area contributed by atoms with Gasteiger partial charge in [0, 0.05) is 5.56 Å². The van der Waals surface area contributed by atoms with Crippen molar-refractivity contribution >= 4 is 5.91 Å². The van der Waals surface area contributed by atoms with Gasteiger partial charge in [-0.2, -0.15) is 0 Å². The molecule has 2 heteroatoms. The number of amides is 1. The first-order valence-electron chi connectivity index (χ1n) is 8.13. The smallest absolute Gasteiger partial charge is 0.252 e. The number of hydrogen-bond donors (Lipinski definition) is 1. The summed E-state index contributed by atoms with van der Waals surface area (Å²) in [6, 6.07) is 25.9. The van der Waals surface area contributed by atoms with Crippen LogP contribution < -0.4 is 5.32 Å². The van der Waals surface area contributed by atoms with E-state index in [9.17, 15) is 4.79 Å². The highest BCUT2D eigenvalue weighted by atomic mass is 16.1. The Morgan fingerprint density at radius 1 is 0.792 bits per heavy atom. The molecular weight excluding hydrogens is 294 g/mol. The first-order chi connectivity index (χ1) is 11.6. The molecule has 0 fully saturated rings. The highest BCUT2D eigenvalue weighted by Crippen LogP contribution is 2.23. The minimum absolute atomic E-state index is 0.0473. The van der Waals surface area contributed by atoms with Gasteiger partial charge in [-0.3, -0.25) is 4.79 Å². The molecule has 2 nitrogen and oxygen atoms in total. The van der Waals surface area contributed by atoms with Crippen molar-refractivity contribution in [3.8, 4) is 0 Å². The predicted octanol–water partition coefficient (Wildman–Crippen LogP) is 4.82. The van der Waals surface area contributed by atoms with Crippen LogP contribution in [0.3, 0.4) is 0 Å². The van der Waals surface area contributed by atoms with Gasteiger partial charge >= 0.3 is 0 Å². The zero-order valence-electron chi connectivity index (χ0n) is 14.0. The van der Waals surface area contributed by atoms with Crippen molar-refractivity contribution in [3.63, 3.8) is 0 Å². The molecule has 3 rings (SSSR count). The number of aryl methyl sites for hydroxylation is 2. The molecule has 0 atom stereocenters. The first kappa shape index (κ1) is 16.0. The largest absolute Gasteiger partial charge is 0.341 e. The number of benzene rings is 3. The second-order valence-electron chi connectivity index (χ2n) is 6.05. The summed E-state index contributed by atoms with van der Waals surface area (Å²) in [5.74, 6) is -0.0473. The monoisotopic (exact) mass is 315 g/mol. The molecule has 0 aliphatic carbocycles. The molecule has 1 amide bonds. The maximum absolute atomic E-state index is 12.9. The number of nitrogens with one attached hydrogen (secondary N) is 1. The molecule has 0 saturated heterocycles. The van der Waals surface area contributed by atoms with Crippen LogP contribution in [0, 0.1) is 13.8 Å². The van der Waals surface area contributed by atoms with E-state index in [-0.39, 0.29) is 11.9 Å². The predicted molar refractivity (Wildman–Crippen MR) is 98.1 cm³/mol. The van der Waals surface area contributed by atoms with Crippen molar-refractivity contribution < 1.29 is 4.79 Å². The Bertz CT molecular complexity index is 786. The molecule has 0 aliphatic rings. The summed E-state index contributed by atoms with van der Waals surface area (Å²) < 4.78 is 0. The SMILES string of the molecule is Cc1ccc(C)c(C(=O)NC(c2ccccc2)c2ccccc2)c1. The van der Waals surface area contributed by atoms with E-state index < -0.39 is 0 Å². The van der Waals surface area contributed by atoms with E-state index in [4.69, 9.17) is 0 Å². The topological polar surface area (TPSA) is 29.1 Å². The lowest BCUT2D eigenvalue weighted by Crippen LogP contribution is -2.29. The van der Waals surface area contributed by atoms with Gasteiger partial charge in [-0.1, -0.05) is 78.4 Å². The summed E-state index contributed by atoms with van der Waals surface area (Å²) in [7, 11) is 0. The van der Waals surface area contributed by atoms with E-state index in [0.29, 0.717) is 0 Å². The highest BCUT2D eigenvalue weighted by molar-refractivity contribution is 5.96. The fourth-order valence-electron chi connectivity index (χ4n) is 2.84. The van der Waals surface area contributed by atoms with Crippen LogP contribution in [0.2, 0.25) is 0 Å². The summed E-state index contributed by atoms with van der Waals surface area (Å²) in [6.07, 6.45) is 0. The second-order valence-corrected chi connectivity index (χ2v) is 6.05. The van der Waals surface area contributed by atoms with Crippen LogP contribution in [0.5, 0.6) is 0 Å². The summed E-state index contributed by atoms with van der Waals surface area (Å²) >= 11 is 0. The third-order valence-electron chi connectivity index (χ3n) is 4.18. The van der Waals surface area contributed by atoms with Crippen molar-refractivity contribution in [2.75, 3.05) is 0 Å². The van der Waals surface area contributed by atoms with Crippen LogP contribution in [-0.2, 0) is 0 Å². The Morgan fingerprint density at radius 3 is 1.88 bits per heavy atom. The quantitative estimate of drug-likeness (QED) is 0.734. The summed E-state index contributed by atoms with van der Waals surface area (Å²) in [6.45, 7) is 3.97. The molecule has 1 N–H and O–H groups in total. The first-order valence-corrected chi connectivity index (χ1v) is 8.13. The van der Waals surface area contributed by atoms with Crippen molar-refractivity contribution in [2.24, 2.45) is 0 Å². The fraction of sp³-hybridized carbons (Fsp3) is 0.136. The summed E-state index contributed by atoms with van der Waals surface area (Å²) in [5.41, 5.74) is 4.94. The van der Waals surface area contributed by atoms with Crippen molar-refractivity contribution in [1.82, 2.24) is 5.32 Å². The Balaban J connectivity index is 1.95. The highest BCUT2D eigenvalue weighted by Gasteiger charge is 2.18. The molecule has 3 aromatic rings. The van der Waals surface area contributed by atoms with Gasteiger partial charge in [-0.25, -0.2) is 0 Å². The third kappa shape index (κ3) is 3.54.